The summed E-state index contributed by atoms with van der Waals surface area (Å²) < 4.78 is 0. The lowest BCUT2D eigenvalue weighted by molar-refractivity contribution is 0.138. The van der Waals surface area contributed by atoms with Crippen molar-refractivity contribution < 1.29 is 0 Å². The maximum absolute atomic E-state index is 2.92. The molecule has 13 heavy (non-hydrogen) atoms. The summed E-state index contributed by atoms with van der Waals surface area (Å²) in [5.74, 6) is 0. The fourth-order valence-corrected chi connectivity index (χ4v) is 3.02. The lowest BCUT2D eigenvalue weighted by Gasteiger charge is -2.34. The maximum Gasteiger partial charge on any atom is 0.0102 e. The molecule has 0 N–H and O–H groups in total. The number of hydrogen-bond donors (Lipinski definition) is 0. The molecule has 0 atom stereocenters. The summed E-state index contributed by atoms with van der Waals surface area (Å²) in [6.07, 6.45) is 13.5. The molecule has 0 amide bonds. The van der Waals surface area contributed by atoms with Crippen molar-refractivity contribution in [2.45, 2.75) is 75.9 Å². The Hall–Kier alpha value is -0.0400. The second-order valence-corrected chi connectivity index (χ2v) is 5.20. The summed E-state index contributed by atoms with van der Waals surface area (Å²) in [5.41, 5.74) is 0. The lowest BCUT2D eigenvalue weighted by Crippen LogP contribution is -2.40. The van der Waals surface area contributed by atoms with Gasteiger partial charge >= 0.3 is 0 Å². The molecule has 3 aliphatic carbocycles. The van der Waals surface area contributed by atoms with Crippen molar-refractivity contribution in [3.8, 4) is 0 Å². The molecule has 0 unspecified atom stereocenters. The molecule has 0 bridgehead atoms. The summed E-state index contributed by atoms with van der Waals surface area (Å²) in [4.78, 5) is 2.92. The second kappa shape index (κ2) is 3.27. The minimum atomic E-state index is 0.994. The third-order valence-electron chi connectivity index (χ3n) is 3.93. The normalized spacial score (nSPS) is 31.2. The molecule has 3 saturated carbocycles. The Morgan fingerprint density at radius 2 is 1.00 bits per heavy atom. The summed E-state index contributed by atoms with van der Waals surface area (Å²) in [7, 11) is 0. The van der Waals surface area contributed by atoms with E-state index in [-0.39, 0.29) is 0 Å². The van der Waals surface area contributed by atoms with Crippen LogP contribution in [0.5, 0.6) is 0 Å². The fourth-order valence-electron chi connectivity index (χ4n) is 3.02. The third kappa shape index (κ3) is 1.76. The van der Waals surface area contributed by atoms with Crippen molar-refractivity contribution in [1.29, 1.82) is 0 Å². The zero-order chi connectivity index (χ0) is 8.67. The molecule has 1 nitrogen and oxygen atoms in total. The van der Waals surface area contributed by atoms with Crippen LogP contribution in [0.1, 0.15) is 57.8 Å². The summed E-state index contributed by atoms with van der Waals surface area (Å²) >= 11 is 0. The van der Waals surface area contributed by atoms with Crippen molar-refractivity contribution in [2.24, 2.45) is 0 Å². The van der Waals surface area contributed by atoms with Gasteiger partial charge in [0.05, 0.1) is 0 Å². The van der Waals surface area contributed by atoms with E-state index in [9.17, 15) is 0 Å². The lowest BCUT2D eigenvalue weighted by atomic mass is 9.94. The van der Waals surface area contributed by atoms with Crippen LogP contribution in [0.15, 0.2) is 0 Å². The Balaban J connectivity index is 1.64. The van der Waals surface area contributed by atoms with Crippen LogP contribution in [-0.4, -0.2) is 23.0 Å². The van der Waals surface area contributed by atoms with Gasteiger partial charge in [-0.05, 0) is 38.5 Å². The van der Waals surface area contributed by atoms with E-state index in [4.69, 9.17) is 0 Å². The first-order valence-electron chi connectivity index (χ1n) is 6.22. The molecule has 3 aliphatic rings. The average molecular weight is 179 g/mol. The van der Waals surface area contributed by atoms with Gasteiger partial charge in [-0.2, -0.15) is 0 Å². The predicted octanol–water partition coefficient (Wildman–Crippen LogP) is 2.95. The quantitative estimate of drug-likeness (QED) is 0.644. The van der Waals surface area contributed by atoms with E-state index in [0.717, 1.165) is 18.1 Å². The van der Waals surface area contributed by atoms with Crippen molar-refractivity contribution in [2.75, 3.05) is 0 Å². The molecule has 3 fully saturated rings. The Labute approximate surface area is 81.5 Å². The Bertz CT molecular complexity index is 164. The van der Waals surface area contributed by atoms with E-state index in [0.29, 0.717) is 0 Å². The molecule has 74 valence electrons. The molecule has 1 heteroatoms. The molecule has 0 spiro atoms. The molecule has 0 aliphatic heterocycles. The van der Waals surface area contributed by atoms with Crippen LogP contribution < -0.4 is 0 Å². The Morgan fingerprint density at radius 3 is 1.46 bits per heavy atom. The average Bonchev–Trinajstić information content (AvgIpc) is 3.00. The zero-order valence-corrected chi connectivity index (χ0v) is 8.54. The Morgan fingerprint density at radius 1 is 0.538 bits per heavy atom. The van der Waals surface area contributed by atoms with Crippen molar-refractivity contribution in [3.63, 3.8) is 0 Å². The van der Waals surface area contributed by atoms with Gasteiger partial charge in [0.1, 0.15) is 0 Å². The van der Waals surface area contributed by atoms with Crippen LogP contribution >= 0.6 is 0 Å². The standard InChI is InChI=1S/C12H21N/c1-2-4-10(5-3-1)13(11-6-7-11)12-8-9-12/h10-12H,1-9H2. The highest BCUT2D eigenvalue weighted by molar-refractivity contribution is 4.98. The largest absolute Gasteiger partial charge is 0.294 e. The van der Waals surface area contributed by atoms with E-state index in [1.54, 1.807) is 0 Å². The second-order valence-electron chi connectivity index (χ2n) is 5.20. The predicted molar refractivity (Wildman–Crippen MR) is 54.8 cm³/mol. The Kier molecular flexibility index (Phi) is 2.08. The molecular weight excluding hydrogens is 158 g/mol. The van der Waals surface area contributed by atoms with Crippen LogP contribution in [0.25, 0.3) is 0 Å². The third-order valence-corrected chi connectivity index (χ3v) is 3.93. The minimum Gasteiger partial charge on any atom is -0.294 e. The molecule has 0 heterocycles. The highest BCUT2D eigenvalue weighted by Crippen LogP contribution is 2.41. The van der Waals surface area contributed by atoms with Gasteiger partial charge in [-0.3, -0.25) is 4.90 Å². The van der Waals surface area contributed by atoms with Gasteiger partial charge in [0.25, 0.3) is 0 Å². The van der Waals surface area contributed by atoms with Gasteiger partial charge in [0.2, 0.25) is 0 Å². The van der Waals surface area contributed by atoms with Gasteiger partial charge in [-0.15, -0.1) is 0 Å². The van der Waals surface area contributed by atoms with Crippen LogP contribution in [-0.2, 0) is 0 Å². The maximum atomic E-state index is 2.92. The first-order chi connectivity index (χ1) is 6.45. The molecule has 3 rings (SSSR count). The van der Waals surface area contributed by atoms with Gasteiger partial charge in [-0.1, -0.05) is 19.3 Å². The topological polar surface area (TPSA) is 3.24 Å². The number of hydrogen-bond acceptors (Lipinski definition) is 1. The van der Waals surface area contributed by atoms with Gasteiger partial charge in [0, 0.05) is 18.1 Å². The monoisotopic (exact) mass is 179 g/mol. The first kappa shape index (κ1) is 8.28. The molecule has 0 radical (unpaired) electrons. The summed E-state index contributed by atoms with van der Waals surface area (Å²) in [5, 5.41) is 0. The van der Waals surface area contributed by atoms with E-state index in [2.05, 4.69) is 4.90 Å². The van der Waals surface area contributed by atoms with Crippen molar-refractivity contribution in [1.82, 2.24) is 4.90 Å². The van der Waals surface area contributed by atoms with E-state index < -0.39 is 0 Å². The van der Waals surface area contributed by atoms with Crippen molar-refractivity contribution in [3.05, 3.63) is 0 Å². The smallest absolute Gasteiger partial charge is 0.0102 e. The van der Waals surface area contributed by atoms with E-state index in [1.807, 2.05) is 0 Å². The van der Waals surface area contributed by atoms with Crippen LogP contribution in [0.3, 0.4) is 0 Å². The molecule has 0 aromatic heterocycles. The fraction of sp³-hybridized carbons (Fsp3) is 1.00. The number of rotatable bonds is 3. The van der Waals surface area contributed by atoms with Crippen LogP contribution in [0, 0.1) is 0 Å². The summed E-state index contributed by atoms with van der Waals surface area (Å²) in [6, 6.07) is 3.04. The van der Waals surface area contributed by atoms with Crippen LogP contribution in [0.2, 0.25) is 0 Å². The highest BCUT2D eigenvalue weighted by atomic mass is 15.3. The SMILES string of the molecule is C1CCC(N(C2CC2)C2CC2)CC1. The zero-order valence-electron chi connectivity index (χ0n) is 8.54. The molecule has 0 aromatic carbocycles. The van der Waals surface area contributed by atoms with Gasteiger partial charge in [-0.25, -0.2) is 0 Å². The minimum absolute atomic E-state index is 0.994. The van der Waals surface area contributed by atoms with Crippen molar-refractivity contribution >= 4 is 0 Å². The van der Waals surface area contributed by atoms with Crippen LogP contribution in [0.4, 0.5) is 0 Å². The van der Waals surface area contributed by atoms with E-state index in [1.165, 1.54) is 57.8 Å². The molecule has 0 saturated heterocycles. The van der Waals surface area contributed by atoms with E-state index >= 15 is 0 Å². The van der Waals surface area contributed by atoms with Gasteiger partial charge < -0.3 is 0 Å². The number of nitrogens with zero attached hydrogens (tertiary/aromatic N) is 1. The first-order valence-corrected chi connectivity index (χ1v) is 6.22. The highest BCUT2D eigenvalue weighted by Gasteiger charge is 2.42. The van der Waals surface area contributed by atoms with Gasteiger partial charge in [0.15, 0.2) is 0 Å². The molecular formula is C12H21N. The molecule has 0 aromatic rings. The summed E-state index contributed by atoms with van der Waals surface area (Å²) in [6.45, 7) is 0.